The largest absolute Gasteiger partial charge is 0.456 e. The van der Waals surface area contributed by atoms with Gasteiger partial charge in [0, 0.05) is 10.7 Å². The van der Waals surface area contributed by atoms with E-state index in [-0.39, 0.29) is 10.2 Å². The first-order chi connectivity index (χ1) is 9.17. The fourth-order valence-electron chi connectivity index (χ4n) is 1.29. The molecule has 102 valence electrons. The molecule has 0 radical (unpaired) electrons. The van der Waals surface area contributed by atoms with E-state index in [0.29, 0.717) is 5.75 Å². The summed E-state index contributed by atoms with van der Waals surface area (Å²) in [6.07, 6.45) is 1.96. The number of carbonyl (C=O) groups is 1. The fourth-order valence-corrected chi connectivity index (χ4v) is 2.17. The van der Waals surface area contributed by atoms with Gasteiger partial charge in [-0.2, -0.15) is 0 Å². The molecular weight excluding hydrogens is 266 g/mol. The van der Waals surface area contributed by atoms with Crippen LogP contribution in [0, 0.1) is 5.21 Å². The maximum atomic E-state index is 11.5. The van der Waals surface area contributed by atoms with Crippen LogP contribution in [0.25, 0.3) is 0 Å². The van der Waals surface area contributed by atoms with Crippen molar-refractivity contribution in [3.05, 3.63) is 53.8 Å². The van der Waals surface area contributed by atoms with Crippen LogP contribution in [0.5, 0.6) is 0 Å². The summed E-state index contributed by atoms with van der Waals surface area (Å²) < 4.78 is 4.24. The zero-order valence-electron chi connectivity index (χ0n) is 10.5. The molecule has 0 saturated heterocycles. The summed E-state index contributed by atoms with van der Waals surface area (Å²) in [5.74, 6) is 0.669. The van der Waals surface area contributed by atoms with E-state index in [1.807, 2.05) is 30.3 Å². The minimum Gasteiger partial charge on any atom is -0.456 e. The summed E-state index contributed by atoms with van der Waals surface area (Å²) in [7, 11) is 1.14. The van der Waals surface area contributed by atoms with Crippen LogP contribution >= 0.6 is 11.8 Å². The van der Waals surface area contributed by atoms with E-state index in [0.717, 1.165) is 12.7 Å². The molecule has 0 saturated carbocycles. The van der Waals surface area contributed by atoms with Crippen molar-refractivity contribution in [2.45, 2.75) is 5.25 Å². The van der Waals surface area contributed by atoms with Gasteiger partial charge in [-0.3, -0.25) is 10.0 Å². The van der Waals surface area contributed by atoms with Crippen LogP contribution in [-0.2, 0) is 9.57 Å². The lowest BCUT2D eigenvalue weighted by Gasteiger charge is -2.10. The standard InChI is InChI=1S/C13H15NO4S/c1-3-9-19-12(11-7-5-4-6-8-11)10-14(16)18-13(15)17-2/h3-8,10,12H,1,9H2,2H3/b14-10+. The minimum atomic E-state index is -1.05. The second-order valence-corrected chi connectivity index (χ2v) is 4.61. The van der Waals surface area contributed by atoms with E-state index in [9.17, 15) is 10.0 Å². The number of carbonyl (C=O) groups excluding carboxylic acids is 1. The Kier molecular flexibility index (Phi) is 6.52. The first-order valence-corrected chi connectivity index (χ1v) is 6.57. The molecule has 1 aromatic carbocycles. The molecule has 0 spiro atoms. The molecule has 1 aromatic rings. The van der Waals surface area contributed by atoms with Gasteiger partial charge >= 0.3 is 6.16 Å². The third-order valence-corrected chi connectivity index (χ3v) is 3.29. The molecule has 6 heteroatoms. The summed E-state index contributed by atoms with van der Waals surface area (Å²) in [6, 6.07) is 9.42. The predicted octanol–water partition coefficient (Wildman–Crippen LogP) is 2.93. The molecule has 1 unspecified atom stereocenters. The second kappa shape index (κ2) is 8.20. The van der Waals surface area contributed by atoms with Crippen molar-refractivity contribution >= 4 is 24.1 Å². The Morgan fingerprint density at radius 2 is 2.21 bits per heavy atom. The summed E-state index contributed by atoms with van der Waals surface area (Å²) in [4.78, 5) is 15.3. The second-order valence-electron chi connectivity index (χ2n) is 3.43. The molecule has 19 heavy (non-hydrogen) atoms. The quantitative estimate of drug-likeness (QED) is 0.200. The first-order valence-electron chi connectivity index (χ1n) is 5.52. The fraction of sp³-hybridized carbons (Fsp3) is 0.231. The van der Waals surface area contributed by atoms with E-state index < -0.39 is 6.16 Å². The van der Waals surface area contributed by atoms with Crippen LogP contribution in [0.4, 0.5) is 4.79 Å². The maximum absolute atomic E-state index is 11.5. The van der Waals surface area contributed by atoms with E-state index >= 15 is 0 Å². The third kappa shape index (κ3) is 5.48. The predicted molar refractivity (Wildman–Crippen MR) is 75.0 cm³/mol. The highest BCUT2D eigenvalue weighted by Crippen LogP contribution is 2.26. The van der Waals surface area contributed by atoms with Crippen LogP contribution in [0.1, 0.15) is 10.8 Å². The molecule has 5 nitrogen and oxygen atoms in total. The van der Waals surface area contributed by atoms with Crippen LogP contribution < -0.4 is 0 Å². The average molecular weight is 281 g/mol. The molecule has 1 atom stereocenters. The first kappa shape index (κ1) is 15.1. The van der Waals surface area contributed by atoms with Crippen molar-refractivity contribution in [2.24, 2.45) is 0 Å². The lowest BCUT2D eigenvalue weighted by molar-refractivity contribution is -0.711. The zero-order chi connectivity index (χ0) is 14.1. The number of hydrogen-bond acceptors (Lipinski definition) is 5. The Hall–Kier alpha value is -1.95. The van der Waals surface area contributed by atoms with Gasteiger partial charge < -0.3 is 4.74 Å². The highest BCUT2D eigenvalue weighted by molar-refractivity contribution is 8.00. The Morgan fingerprint density at radius 1 is 1.53 bits per heavy atom. The molecule has 0 heterocycles. The highest BCUT2D eigenvalue weighted by atomic mass is 32.2. The van der Waals surface area contributed by atoms with Gasteiger partial charge in [0.1, 0.15) is 5.25 Å². The average Bonchev–Trinajstić information content (AvgIpc) is 2.44. The van der Waals surface area contributed by atoms with E-state index in [1.54, 1.807) is 6.08 Å². The molecule has 0 amide bonds. The van der Waals surface area contributed by atoms with Crippen molar-refractivity contribution in [3.63, 3.8) is 0 Å². The van der Waals surface area contributed by atoms with Crippen molar-refractivity contribution in [1.29, 1.82) is 0 Å². The topological polar surface area (TPSA) is 61.6 Å². The smallest absolute Gasteiger partial charge is 0.438 e. The normalized spacial score (nSPS) is 12.6. The molecule has 0 aliphatic heterocycles. The van der Waals surface area contributed by atoms with Gasteiger partial charge in [-0.25, -0.2) is 4.79 Å². The van der Waals surface area contributed by atoms with Crippen LogP contribution in [0.15, 0.2) is 43.0 Å². The van der Waals surface area contributed by atoms with Crippen LogP contribution in [0.2, 0.25) is 0 Å². The van der Waals surface area contributed by atoms with Gasteiger partial charge in [0.05, 0.1) is 7.11 Å². The van der Waals surface area contributed by atoms with E-state index in [2.05, 4.69) is 16.2 Å². The Labute approximate surface area is 116 Å². The monoisotopic (exact) mass is 281 g/mol. The Balaban J connectivity index is 2.82. The van der Waals surface area contributed by atoms with Crippen molar-refractivity contribution in [3.8, 4) is 0 Å². The van der Waals surface area contributed by atoms with Crippen molar-refractivity contribution in [2.75, 3.05) is 12.9 Å². The lowest BCUT2D eigenvalue weighted by Crippen LogP contribution is -2.16. The summed E-state index contributed by atoms with van der Waals surface area (Å²) in [5.41, 5.74) is 0.934. The zero-order valence-corrected chi connectivity index (χ0v) is 11.3. The molecule has 0 aromatic heterocycles. The number of rotatable bonds is 6. The molecule has 1 rings (SSSR count). The van der Waals surface area contributed by atoms with Crippen LogP contribution in [0.3, 0.4) is 0 Å². The van der Waals surface area contributed by atoms with Gasteiger partial charge in [-0.15, -0.1) is 18.3 Å². The van der Waals surface area contributed by atoms with E-state index in [4.69, 9.17) is 0 Å². The number of hydrogen-bond donors (Lipinski definition) is 0. The third-order valence-electron chi connectivity index (χ3n) is 2.11. The van der Waals surface area contributed by atoms with Gasteiger partial charge in [0.15, 0.2) is 0 Å². The molecule has 0 aliphatic carbocycles. The SMILES string of the molecule is C=CCSC(/C=[N+](\[O-])OC(=O)OC)c1ccccc1. The van der Waals surface area contributed by atoms with Crippen molar-refractivity contribution in [1.82, 2.24) is 0 Å². The van der Waals surface area contributed by atoms with Gasteiger partial charge in [0.25, 0.3) is 0 Å². The highest BCUT2D eigenvalue weighted by Gasteiger charge is 2.15. The maximum Gasteiger partial charge on any atom is 0.438 e. The molecule has 0 bridgehead atoms. The number of methoxy groups -OCH3 is 1. The van der Waals surface area contributed by atoms with Gasteiger partial charge in [0.2, 0.25) is 6.21 Å². The Bertz CT molecular complexity index is 447. The number of thioether (sulfide) groups is 1. The summed E-state index contributed by atoms with van der Waals surface area (Å²) in [6.45, 7) is 3.64. The molecular formula is C13H15NO4S. The summed E-state index contributed by atoms with van der Waals surface area (Å²) in [5, 5.41) is 11.2. The minimum absolute atomic E-state index is 0.111. The lowest BCUT2D eigenvalue weighted by atomic mass is 10.2. The number of ether oxygens (including phenoxy) is 1. The number of nitrogens with zero attached hydrogens (tertiary/aromatic N) is 1. The van der Waals surface area contributed by atoms with Gasteiger partial charge in [-0.1, -0.05) is 36.4 Å². The van der Waals surface area contributed by atoms with E-state index in [1.165, 1.54) is 18.0 Å². The van der Waals surface area contributed by atoms with Crippen LogP contribution in [-0.4, -0.2) is 30.1 Å². The Morgan fingerprint density at radius 3 is 2.79 bits per heavy atom. The summed E-state index contributed by atoms with van der Waals surface area (Å²) >= 11 is 1.49. The van der Waals surface area contributed by atoms with Crippen molar-refractivity contribution < 1.29 is 19.3 Å². The molecule has 0 N–H and O–H groups in total. The molecule has 0 aliphatic rings. The molecule has 0 fully saturated rings. The van der Waals surface area contributed by atoms with Gasteiger partial charge in [-0.05, 0) is 5.56 Å². The number of benzene rings is 1.